The summed E-state index contributed by atoms with van der Waals surface area (Å²) in [5.74, 6) is -0.822. The van der Waals surface area contributed by atoms with Crippen LogP contribution in [0.2, 0.25) is 0 Å². The van der Waals surface area contributed by atoms with E-state index < -0.39 is 5.97 Å². The van der Waals surface area contributed by atoms with E-state index in [4.69, 9.17) is 22.8 Å². The zero-order chi connectivity index (χ0) is 12.1. The van der Waals surface area contributed by atoms with Gasteiger partial charge in [0.25, 0.3) is 0 Å². The standard InChI is InChI=1S/C9H19N3O3S/c1-2-7-11(4-3-8(14)15)9(16)10-12(7)5-6-13/h7,9-10,13,16H,2-6H2,1H3,(H,14,15)/p-1. The molecule has 1 fully saturated rings. The number of carboxylic acid groups (broad SMARTS) is 1. The van der Waals surface area contributed by atoms with Crippen LogP contribution in [0.5, 0.6) is 0 Å². The fourth-order valence-electron chi connectivity index (χ4n) is 1.90. The minimum atomic E-state index is -0.822. The number of rotatable bonds is 6. The molecule has 1 heterocycles. The molecule has 1 aliphatic heterocycles. The van der Waals surface area contributed by atoms with Crippen LogP contribution in [0.15, 0.2) is 0 Å². The van der Waals surface area contributed by atoms with Crippen LogP contribution < -0.4 is 5.43 Å². The fraction of sp³-hybridized carbons (Fsp3) is 0.889. The lowest BCUT2D eigenvalue weighted by molar-refractivity contribution is -0.137. The Labute approximate surface area is 101 Å². The third-order valence-electron chi connectivity index (χ3n) is 2.61. The second-order valence-corrected chi connectivity index (χ2v) is 4.12. The zero-order valence-corrected chi connectivity index (χ0v) is 10.1. The second-order valence-electron chi connectivity index (χ2n) is 3.67. The Balaban J connectivity index is 2.56. The molecule has 94 valence electrons. The Morgan fingerprint density at radius 2 is 2.19 bits per heavy atom. The number of nitrogens with one attached hydrogen (secondary N) is 1. The molecule has 0 bridgehead atoms. The van der Waals surface area contributed by atoms with Gasteiger partial charge in [-0.05, 0) is 11.9 Å². The third-order valence-corrected chi connectivity index (χ3v) is 2.99. The highest BCUT2D eigenvalue weighted by atomic mass is 32.1. The molecule has 6 nitrogen and oxygen atoms in total. The van der Waals surface area contributed by atoms with Gasteiger partial charge < -0.3 is 22.8 Å². The van der Waals surface area contributed by atoms with Crippen LogP contribution in [0.3, 0.4) is 0 Å². The van der Waals surface area contributed by atoms with Crippen molar-refractivity contribution in [1.29, 1.82) is 0 Å². The number of aliphatic carboxylic acids is 1. The average Bonchev–Trinajstić information content (AvgIpc) is 2.51. The summed E-state index contributed by atoms with van der Waals surface area (Å²) in [6.45, 7) is 2.99. The Kier molecular flexibility index (Phi) is 5.50. The number of hydrogen-bond donors (Lipinski definition) is 3. The third kappa shape index (κ3) is 3.33. The molecule has 1 saturated heterocycles. The Hall–Kier alpha value is -0.340. The van der Waals surface area contributed by atoms with Crippen LogP contribution in [-0.4, -0.2) is 57.5 Å². The molecule has 1 rings (SSSR count). The van der Waals surface area contributed by atoms with Crippen LogP contribution in [0.4, 0.5) is 0 Å². The van der Waals surface area contributed by atoms with Gasteiger partial charge in [-0.3, -0.25) is 15.1 Å². The number of β-amino-alcohol motifs (C(OH)–C–C–N with tert-alkyl or cyclic N) is 1. The highest BCUT2D eigenvalue weighted by molar-refractivity contribution is 7.59. The quantitative estimate of drug-likeness (QED) is 0.528. The molecular weight excluding hydrogens is 230 g/mol. The van der Waals surface area contributed by atoms with Crippen molar-refractivity contribution in [3.05, 3.63) is 0 Å². The molecule has 7 heteroatoms. The fourth-order valence-corrected chi connectivity index (χ4v) is 2.29. The van der Waals surface area contributed by atoms with E-state index in [0.717, 1.165) is 6.42 Å². The van der Waals surface area contributed by atoms with Crippen LogP contribution in [0, 0.1) is 0 Å². The average molecular weight is 248 g/mol. The molecule has 2 unspecified atom stereocenters. The van der Waals surface area contributed by atoms with E-state index in [2.05, 4.69) is 5.43 Å². The van der Waals surface area contributed by atoms with E-state index in [1.807, 2.05) is 16.8 Å². The molecule has 0 aromatic carbocycles. The van der Waals surface area contributed by atoms with Gasteiger partial charge in [0.15, 0.2) is 0 Å². The lowest BCUT2D eigenvalue weighted by atomic mass is 10.3. The number of carbonyl (C=O) groups is 1. The van der Waals surface area contributed by atoms with Crippen LogP contribution in [-0.2, 0) is 17.4 Å². The van der Waals surface area contributed by atoms with Gasteiger partial charge in [0.1, 0.15) is 0 Å². The largest absolute Gasteiger partial charge is 0.757 e. The normalized spacial score (nSPS) is 27.4. The molecule has 1 aliphatic rings. The lowest BCUT2D eigenvalue weighted by Gasteiger charge is -2.31. The molecule has 0 radical (unpaired) electrons. The molecule has 0 spiro atoms. The van der Waals surface area contributed by atoms with E-state index in [1.165, 1.54) is 0 Å². The Morgan fingerprint density at radius 3 is 2.69 bits per heavy atom. The molecule has 0 aromatic heterocycles. The number of hydrazine groups is 1. The first-order valence-corrected chi connectivity index (χ1v) is 5.84. The van der Waals surface area contributed by atoms with Crippen molar-refractivity contribution < 1.29 is 15.0 Å². The highest BCUT2D eigenvalue weighted by Gasteiger charge is 2.31. The molecule has 3 N–H and O–H groups in total. The van der Waals surface area contributed by atoms with Crippen molar-refractivity contribution in [2.24, 2.45) is 0 Å². The van der Waals surface area contributed by atoms with Crippen molar-refractivity contribution in [3.8, 4) is 0 Å². The maximum Gasteiger partial charge on any atom is 0.304 e. The van der Waals surface area contributed by atoms with E-state index in [-0.39, 0.29) is 24.7 Å². The first-order chi connectivity index (χ1) is 7.60. The minimum Gasteiger partial charge on any atom is -0.757 e. The summed E-state index contributed by atoms with van der Waals surface area (Å²) >= 11 is 5.21. The molecule has 2 atom stereocenters. The van der Waals surface area contributed by atoms with Gasteiger partial charge in [-0.25, -0.2) is 5.01 Å². The predicted molar refractivity (Wildman–Crippen MR) is 61.1 cm³/mol. The Bertz CT molecular complexity index is 242. The number of aliphatic hydroxyl groups excluding tert-OH is 1. The predicted octanol–water partition coefficient (Wildman–Crippen LogP) is -0.858. The van der Waals surface area contributed by atoms with Gasteiger partial charge in [0, 0.05) is 13.1 Å². The van der Waals surface area contributed by atoms with Gasteiger partial charge in [-0.2, -0.15) is 0 Å². The van der Waals surface area contributed by atoms with Gasteiger partial charge in [0.05, 0.1) is 19.2 Å². The molecule has 16 heavy (non-hydrogen) atoms. The minimum absolute atomic E-state index is 0.0539. The summed E-state index contributed by atoms with van der Waals surface area (Å²) in [6.07, 6.45) is 0.979. The van der Waals surface area contributed by atoms with Crippen molar-refractivity contribution in [2.45, 2.75) is 31.4 Å². The maximum atomic E-state index is 10.5. The van der Waals surface area contributed by atoms with E-state index in [0.29, 0.717) is 13.1 Å². The summed E-state index contributed by atoms with van der Waals surface area (Å²) in [6, 6.07) is 0. The Morgan fingerprint density at radius 1 is 1.50 bits per heavy atom. The summed E-state index contributed by atoms with van der Waals surface area (Å²) < 4.78 is 0. The maximum absolute atomic E-state index is 10.5. The van der Waals surface area contributed by atoms with Gasteiger partial charge >= 0.3 is 5.97 Å². The molecular formula is C9H18N3O3S-. The highest BCUT2D eigenvalue weighted by Crippen LogP contribution is 2.18. The van der Waals surface area contributed by atoms with Crippen molar-refractivity contribution in [3.63, 3.8) is 0 Å². The second kappa shape index (κ2) is 6.41. The van der Waals surface area contributed by atoms with E-state index >= 15 is 0 Å². The van der Waals surface area contributed by atoms with Crippen molar-refractivity contribution in [1.82, 2.24) is 15.3 Å². The van der Waals surface area contributed by atoms with E-state index in [9.17, 15) is 4.79 Å². The SMILES string of the molecule is CCC1N(CCO)NC([S-])N1CCC(=O)O. The van der Waals surface area contributed by atoms with Gasteiger partial charge in [0.2, 0.25) is 0 Å². The number of hydrogen-bond acceptors (Lipinski definition) is 6. The van der Waals surface area contributed by atoms with E-state index in [1.54, 1.807) is 0 Å². The summed E-state index contributed by atoms with van der Waals surface area (Å²) in [4.78, 5) is 12.5. The van der Waals surface area contributed by atoms with Crippen LogP contribution in [0.25, 0.3) is 0 Å². The summed E-state index contributed by atoms with van der Waals surface area (Å²) in [5.41, 5.74) is 2.76. The summed E-state index contributed by atoms with van der Waals surface area (Å²) in [7, 11) is 0. The topological polar surface area (TPSA) is 76.0 Å². The summed E-state index contributed by atoms with van der Waals surface area (Å²) in [5, 5.41) is 19.4. The lowest BCUT2D eigenvalue weighted by Crippen LogP contribution is -2.42. The van der Waals surface area contributed by atoms with Gasteiger partial charge in [-0.15, -0.1) is 0 Å². The first kappa shape index (κ1) is 13.7. The zero-order valence-electron chi connectivity index (χ0n) is 9.30. The first-order valence-electron chi connectivity index (χ1n) is 5.37. The molecule has 0 saturated carbocycles. The molecule has 0 amide bonds. The molecule has 0 aliphatic carbocycles. The van der Waals surface area contributed by atoms with Crippen LogP contribution >= 0.6 is 0 Å². The molecule has 0 aromatic rings. The smallest absolute Gasteiger partial charge is 0.304 e. The monoisotopic (exact) mass is 248 g/mol. The van der Waals surface area contributed by atoms with Crippen LogP contribution in [0.1, 0.15) is 19.8 Å². The van der Waals surface area contributed by atoms with Crippen molar-refractivity contribution >= 4 is 18.6 Å². The number of nitrogens with zero attached hydrogens (tertiary/aromatic N) is 2. The number of aliphatic hydroxyl groups is 1. The van der Waals surface area contributed by atoms with Gasteiger partial charge in [-0.1, -0.05) is 6.92 Å². The van der Waals surface area contributed by atoms with Crippen molar-refractivity contribution in [2.75, 3.05) is 19.7 Å². The number of carboxylic acids is 1.